The molecule has 0 heterocycles. The van der Waals surface area contributed by atoms with Gasteiger partial charge in [0.1, 0.15) is 6.29 Å². The Kier molecular flexibility index (Phi) is 6.63. The van der Waals surface area contributed by atoms with Crippen molar-refractivity contribution in [2.24, 2.45) is 0 Å². The van der Waals surface area contributed by atoms with E-state index in [1.807, 2.05) is 0 Å². The number of allylic oxidation sites excluding steroid dienone is 3. The molecule has 0 fully saturated rings. The highest BCUT2D eigenvalue weighted by Gasteiger charge is 2.17. The third kappa shape index (κ3) is 7.89. The standard InChI is InChI=1S/C13H20O2/c1-4-12(2)8-7-10-13(3,15)9-5-6-11-14/h4-6,11,15H,1-2,7-10H2,3H3. The zero-order chi connectivity index (χ0) is 11.7. The smallest absolute Gasteiger partial charge is 0.142 e. The maximum atomic E-state index is 10.0. The van der Waals surface area contributed by atoms with Gasteiger partial charge < -0.3 is 5.11 Å². The second-order valence-corrected chi connectivity index (χ2v) is 3.98. The lowest BCUT2D eigenvalue weighted by atomic mass is 9.94. The molecule has 0 spiro atoms. The number of aliphatic hydroxyl groups is 1. The number of rotatable bonds is 8. The minimum atomic E-state index is -0.735. The molecule has 1 N–H and O–H groups in total. The molecule has 0 aliphatic heterocycles. The van der Waals surface area contributed by atoms with Crippen LogP contribution in [0.3, 0.4) is 0 Å². The predicted octanol–water partition coefficient (Wildman–Crippen LogP) is 2.80. The molecule has 0 aromatic carbocycles. The molecule has 0 saturated carbocycles. The molecule has 0 saturated heterocycles. The molecule has 0 aliphatic carbocycles. The third-order valence-corrected chi connectivity index (χ3v) is 2.27. The zero-order valence-corrected chi connectivity index (χ0v) is 9.41. The first kappa shape index (κ1) is 13.8. The summed E-state index contributed by atoms with van der Waals surface area (Å²) in [6.07, 6.45) is 8.50. The summed E-state index contributed by atoms with van der Waals surface area (Å²) < 4.78 is 0. The normalized spacial score (nSPS) is 14.8. The van der Waals surface area contributed by atoms with Gasteiger partial charge >= 0.3 is 0 Å². The van der Waals surface area contributed by atoms with Crippen LogP contribution in [0, 0.1) is 0 Å². The van der Waals surface area contributed by atoms with Crippen LogP contribution in [0.15, 0.2) is 37.0 Å². The van der Waals surface area contributed by atoms with Crippen molar-refractivity contribution in [2.75, 3.05) is 0 Å². The molecule has 15 heavy (non-hydrogen) atoms. The van der Waals surface area contributed by atoms with Gasteiger partial charge in [0, 0.05) is 0 Å². The van der Waals surface area contributed by atoms with Crippen molar-refractivity contribution >= 4 is 6.29 Å². The Labute approximate surface area is 92.0 Å². The number of aldehydes is 1. The summed E-state index contributed by atoms with van der Waals surface area (Å²) in [4.78, 5) is 10.0. The first-order valence-electron chi connectivity index (χ1n) is 5.15. The third-order valence-electron chi connectivity index (χ3n) is 2.27. The van der Waals surface area contributed by atoms with Crippen molar-refractivity contribution in [1.82, 2.24) is 0 Å². The van der Waals surface area contributed by atoms with Gasteiger partial charge in [-0.05, 0) is 38.7 Å². The first-order chi connectivity index (χ1) is 7.02. The van der Waals surface area contributed by atoms with Crippen LogP contribution in [-0.2, 0) is 4.79 Å². The van der Waals surface area contributed by atoms with E-state index in [1.54, 1.807) is 19.1 Å². The molecular formula is C13H20O2. The second kappa shape index (κ2) is 7.18. The summed E-state index contributed by atoms with van der Waals surface area (Å²) in [6.45, 7) is 9.21. The van der Waals surface area contributed by atoms with Crippen molar-refractivity contribution in [3.05, 3.63) is 37.0 Å². The Balaban J connectivity index is 3.82. The van der Waals surface area contributed by atoms with Crippen LogP contribution in [0.4, 0.5) is 0 Å². The van der Waals surface area contributed by atoms with Gasteiger partial charge in [-0.1, -0.05) is 30.9 Å². The molecule has 0 aromatic rings. The number of hydrogen-bond acceptors (Lipinski definition) is 2. The Morgan fingerprint density at radius 3 is 2.73 bits per heavy atom. The molecule has 0 amide bonds. The van der Waals surface area contributed by atoms with E-state index in [4.69, 9.17) is 0 Å². The fraction of sp³-hybridized carbons (Fsp3) is 0.462. The van der Waals surface area contributed by atoms with E-state index >= 15 is 0 Å². The van der Waals surface area contributed by atoms with Gasteiger partial charge in [0.05, 0.1) is 5.60 Å². The first-order valence-corrected chi connectivity index (χ1v) is 5.15. The lowest BCUT2D eigenvalue weighted by Gasteiger charge is -2.21. The molecule has 1 unspecified atom stereocenters. The largest absolute Gasteiger partial charge is 0.390 e. The van der Waals surface area contributed by atoms with Gasteiger partial charge in [-0.2, -0.15) is 0 Å². The van der Waals surface area contributed by atoms with E-state index in [0.717, 1.165) is 24.7 Å². The molecule has 0 bridgehead atoms. The molecule has 2 heteroatoms. The van der Waals surface area contributed by atoms with Crippen LogP contribution in [0.1, 0.15) is 32.6 Å². The van der Waals surface area contributed by atoms with Crippen LogP contribution >= 0.6 is 0 Å². The van der Waals surface area contributed by atoms with Gasteiger partial charge in [-0.25, -0.2) is 0 Å². The quantitative estimate of drug-likeness (QED) is 0.378. The molecule has 0 radical (unpaired) electrons. The predicted molar refractivity (Wildman–Crippen MR) is 63.6 cm³/mol. The highest BCUT2D eigenvalue weighted by molar-refractivity contribution is 5.64. The monoisotopic (exact) mass is 208 g/mol. The minimum Gasteiger partial charge on any atom is -0.390 e. The molecular weight excluding hydrogens is 188 g/mol. The molecule has 0 rings (SSSR count). The Hall–Kier alpha value is -1.15. The van der Waals surface area contributed by atoms with Gasteiger partial charge in [0.2, 0.25) is 0 Å². The van der Waals surface area contributed by atoms with Gasteiger partial charge in [-0.15, -0.1) is 0 Å². The maximum Gasteiger partial charge on any atom is 0.142 e. The zero-order valence-electron chi connectivity index (χ0n) is 9.41. The van der Waals surface area contributed by atoms with Crippen LogP contribution in [0.2, 0.25) is 0 Å². The Bertz CT molecular complexity index is 249. The topological polar surface area (TPSA) is 37.3 Å². The van der Waals surface area contributed by atoms with Gasteiger partial charge in [-0.3, -0.25) is 4.79 Å². The average molecular weight is 208 g/mol. The number of carbonyl (C=O) groups excluding carboxylic acids is 1. The van der Waals surface area contributed by atoms with Crippen LogP contribution < -0.4 is 0 Å². The number of carbonyl (C=O) groups is 1. The highest BCUT2D eigenvalue weighted by atomic mass is 16.3. The molecule has 84 valence electrons. The van der Waals surface area contributed by atoms with Crippen molar-refractivity contribution in [1.29, 1.82) is 0 Å². The van der Waals surface area contributed by atoms with Crippen molar-refractivity contribution < 1.29 is 9.90 Å². The summed E-state index contributed by atoms with van der Waals surface area (Å²) >= 11 is 0. The molecule has 0 aliphatic rings. The van der Waals surface area contributed by atoms with Crippen LogP contribution in [0.25, 0.3) is 0 Å². The summed E-state index contributed by atoms with van der Waals surface area (Å²) in [5.74, 6) is 0. The molecule has 0 aromatic heterocycles. The Morgan fingerprint density at radius 2 is 2.20 bits per heavy atom. The van der Waals surface area contributed by atoms with E-state index in [0.29, 0.717) is 12.8 Å². The summed E-state index contributed by atoms with van der Waals surface area (Å²) in [7, 11) is 0. The van der Waals surface area contributed by atoms with Crippen molar-refractivity contribution in [3.63, 3.8) is 0 Å². The fourth-order valence-corrected chi connectivity index (χ4v) is 1.28. The summed E-state index contributed by atoms with van der Waals surface area (Å²) in [5.41, 5.74) is 0.260. The highest BCUT2D eigenvalue weighted by Crippen LogP contribution is 2.19. The summed E-state index contributed by atoms with van der Waals surface area (Å²) in [6, 6.07) is 0. The maximum absolute atomic E-state index is 10.0. The SMILES string of the molecule is C=CC(=C)CCCC(C)(O)CC=CC=O. The van der Waals surface area contributed by atoms with E-state index in [9.17, 15) is 9.90 Å². The minimum absolute atomic E-state index is 0.506. The van der Waals surface area contributed by atoms with Crippen LogP contribution in [-0.4, -0.2) is 17.0 Å². The van der Waals surface area contributed by atoms with Crippen LogP contribution in [0.5, 0.6) is 0 Å². The molecule has 1 atom stereocenters. The summed E-state index contributed by atoms with van der Waals surface area (Å²) in [5, 5.41) is 9.90. The second-order valence-electron chi connectivity index (χ2n) is 3.98. The van der Waals surface area contributed by atoms with E-state index < -0.39 is 5.60 Å². The van der Waals surface area contributed by atoms with Crippen molar-refractivity contribution in [3.8, 4) is 0 Å². The van der Waals surface area contributed by atoms with Crippen molar-refractivity contribution in [2.45, 2.75) is 38.2 Å². The van der Waals surface area contributed by atoms with Gasteiger partial charge in [0.15, 0.2) is 0 Å². The number of hydrogen-bond donors (Lipinski definition) is 1. The van der Waals surface area contributed by atoms with E-state index in [1.165, 1.54) is 6.08 Å². The lowest BCUT2D eigenvalue weighted by Crippen LogP contribution is -2.22. The van der Waals surface area contributed by atoms with E-state index in [2.05, 4.69) is 13.2 Å². The Morgan fingerprint density at radius 1 is 1.53 bits per heavy atom. The fourth-order valence-electron chi connectivity index (χ4n) is 1.28. The average Bonchev–Trinajstić information content (AvgIpc) is 2.17. The van der Waals surface area contributed by atoms with Gasteiger partial charge in [0.25, 0.3) is 0 Å². The lowest BCUT2D eigenvalue weighted by molar-refractivity contribution is -0.104. The van der Waals surface area contributed by atoms with E-state index in [-0.39, 0.29) is 0 Å². The molecule has 2 nitrogen and oxygen atoms in total.